The van der Waals surface area contributed by atoms with E-state index in [0.717, 1.165) is 4.68 Å². The van der Waals surface area contributed by atoms with Gasteiger partial charge in [0.1, 0.15) is 24.0 Å². The molecule has 0 unspecified atom stereocenters. The van der Waals surface area contributed by atoms with Gasteiger partial charge >= 0.3 is 6.03 Å². The Kier molecular flexibility index (Phi) is 6.53. The molecule has 3 aromatic rings. The number of nitrogens with zero attached hydrogens (tertiary/aromatic N) is 4. The lowest BCUT2D eigenvalue weighted by atomic mass is 10.1. The third kappa shape index (κ3) is 5.65. The molecule has 1 aliphatic rings. The van der Waals surface area contributed by atoms with E-state index in [0.29, 0.717) is 28.1 Å². The molecule has 2 aromatic heterocycles. The van der Waals surface area contributed by atoms with Crippen LogP contribution in [0.2, 0.25) is 0 Å². The van der Waals surface area contributed by atoms with Gasteiger partial charge in [-0.25, -0.2) is 9.78 Å². The summed E-state index contributed by atoms with van der Waals surface area (Å²) in [5, 5.41) is 16.5. The van der Waals surface area contributed by atoms with Gasteiger partial charge in [-0.1, -0.05) is 17.9 Å². The Bertz CT molecular complexity index is 1340. The van der Waals surface area contributed by atoms with Crippen LogP contribution in [0.1, 0.15) is 30.5 Å². The summed E-state index contributed by atoms with van der Waals surface area (Å²) in [4.78, 5) is 30.8. The van der Waals surface area contributed by atoms with E-state index in [-0.39, 0.29) is 18.9 Å². The zero-order valence-corrected chi connectivity index (χ0v) is 19.4. The van der Waals surface area contributed by atoms with Crippen LogP contribution in [0.4, 0.5) is 14.9 Å². The lowest BCUT2D eigenvalue weighted by Crippen LogP contribution is -2.50. The van der Waals surface area contributed by atoms with Crippen molar-refractivity contribution in [2.75, 3.05) is 18.6 Å². The molecule has 2 amide bonds. The molecule has 1 aliphatic heterocycles. The summed E-state index contributed by atoms with van der Waals surface area (Å²) in [6.45, 7) is 3.08. The number of pyridine rings is 1. The third-order valence-electron chi connectivity index (χ3n) is 5.24. The predicted octanol–water partition coefficient (Wildman–Crippen LogP) is 2.11. The Labute approximate surface area is 201 Å². The lowest BCUT2D eigenvalue weighted by molar-refractivity contribution is -0.120. The van der Waals surface area contributed by atoms with E-state index in [1.807, 2.05) is 0 Å². The smallest absolute Gasteiger partial charge is 0.342 e. The van der Waals surface area contributed by atoms with Crippen LogP contribution in [0.3, 0.4) is 0 Å². The fourth-order valence-corrected chi connectivity index (χ4v) is 3.45. The van der Waals surface area contributed by atoms with E-state index in [4.69, 9.17) is 4.74 Å². The number of amides is 2. The number of hydrogen-bond donors (Lipinski definition) is 2. The summed E-state index contributed by atoms with van der Waals surface area (Å²) in [6, 6.07) is 6.75. The number of ether oxygens (including phenoxy) is 1. The zero-order chi connectivity index (χ0) is 25.2. The highest BCUT2D eigenvalue weighted by atomic mass is 19.1. The Morgan fingerprint density at radius 3 is 2.91 bits per heavy atom. The fraction of sp³-hybridized carbons (Fsp3) is 0.280. The van der Waals surface area contributed by atoms with Crippen LogP contribution in [-0.2, 0) is 11.2 Å². The number of likely N-dealkylation sites (N-methyl/N-ethyl adjacent to an activating group) is 1. The number of anilines is 1. The van der Waals surface area contributed by atoms with E-state index in [2.05, 4.69) is 27.2 Å². The van der Waals surface area contributed by atoms with Crippen LogP contribution in [0.5, 0.6) is 5.75 Å². The minimum Gasteiger partial charge on any atom is -0.489 e. The van der Waals surface area contributed by atoms with Gasteiger partial charge in [0.2, 0.25) is 5.95 Å². The van der Waals surface area contributed by atoms with Crippen LogP contribution < -0.4 is 15.0 Å². The Morgan fingerprint density at radius 1 is 1.37 bits per heavy atom. The summed E-state index contributed by atoms with van der Waals surface area (Å²) in [6.07, 6.45) is 4.50. The molecule has 0 saturated carbocycles. The Morgan fingerprint density at radius 2 is 2.17 bits per heavy atom. The average molecular weight is 477 g/mol. The minimum absolute atomic E-state index is 0.0777. The number of aromatic nitrogens is 3. The molecule has 2 N–H and O–H groups in total. The van der Waals surface area contributed by atoms with E-state index in [1.54, 1.807) is 51.2 Å². The highest BCUT2D eigenvalue weighted by Gasteiger charge is 2.31. The normalized spacial score (nSPS) is 15.4. The quantitative estimate of drug-likeness (QED) is 0.442. The zero-order valence-electron chi connectivity index (χ0n) is 19.4. The average Bonchev–Trinajstić information content (AvgIpc) is 3.25. The number of carbonyl (C=O) groups is 2. The molecular weight excluding hydrogens is 453 g/mol. The van der Waals surface area contributed by atoms with E-state index in [1.165, 1.54) is 23.5 Å². The van der Waals surface area contributed by atoms with Crippen molar-refractivity contribution in [2.24, 2.45) is 0 Å². The first-order valence-corrected chi connectivity index (χ1v) is 10.8. The minimum atomic E-state index is -1.15. The third-order valence-corrected chi connectivity index (χ3v) is 5.24. The van der Waals surface area contributed by atoms with Crippen LogP contribution >= 0.6 is 0 Å². The topological polar surface area (TPSA) is 110 Å². The van der Waals surface area contributed by atoms with E-state index >= 15 is 0 Å². The number of halogens is 1. The lowest BCUT2D eigenvalue weighted by Gasteiger charge is -2.20. The van der Waals surface area contributed by atoms with Crippen LogP contribution in [0, 0.1) is 17.8 Å². The largest absolute Gasteiger partial charge is 0.489 e. The summed E-state index contributed by atoms with van der Waals surface area (Å²) < 4.78 is 20.6. The second-order valence-corrected chi connectivity index (χ2v) is 8.63. The van der Waals surface area contributed by atoms with Gasteiger partial charge in [0.15, 0.2) is 0 Å². The Hall–Kier alpha value is -4.23. The van der Waals surface area contributed by atoms with Crippen molar-refractivity contribution in [1.29, 1.82) is 0 Å². The molecule has 180 valence electrons. The number of benzene rings is 1. The van der Waals surface area contributed by atoms with Crippen molar-refractivity contribution in [3.63, 3.8) is 0 Å². The van der Waals surface area contributed by atoms with Crippen molar-refractivity contribution in [2.45, 2.75) is 31.9 Å². The molecule has 3 heterocycles. The molecule has 9 nitrogen and oxygen atoms in total. The standard InChI is InChI=1S/C25H24FN5O4/c1-25(2,34)9-8-16-6-7-21-20(12-16)30(3)23(32)19(15-35-21)29-24(33)31-14-17(13-28-31)11-18-5-4-10-27-22(18)26/h4-7,10,12-14,19,34H,11,15H2,1-3H3,(H,29,33)/t19-/m1/s1. The highest BCUT2D eigenvalue weighted by Crippen LogP contribution is 2.31. The first kappa shape index (κ1) is 23.9. The van der Waals surface area contributed by atoms with Gasteiger partial charge in [-0.3, -0.25) is 4.79 Å². The summed E-state index contributed by atoms with van der Waals surface area (Å²) in [7, 11) is 1.58. The molecule has 1 aromatic carbocycles. The predicted molar refractivity (Wildman–Crippen MR) is 125 cm³/mol. The van der Waals surface area contributed by atoms with E-state index in [9.17, 15) is 19.1 Å². The molecule has 1 atom stereocenters. The van der Waals surface area contributed by atoms with Crippen molar-refractivity contribution in [1.82, 2.24) is 20.1 Å². The second-order valence-electron chi connectivity index (χ2n) is 8.63. The molecule has 0 radical (unpaired) electrons. The monoisotopic (exact) mass is 477 g/mol. The van der Waals surface area contributed by atoms with Gasteiger partial charge in [-0.15, -0.1) is 0 Å². The van der Waals surface area contributed by atoms with Crippen molar-refractivity contribution < 1.29 is 23.8 Å². The van der Waals surface area contributed by atoms with Crippen LogP contribution in [0.15, 0.2) is 48.9 Å². The molecule has 0 bridgehead atoms. The van der Waals surface area contributed by atoms with Gasteiger partial charge in [-0.05, 0) is 43.7 Å². The van der Waals surface area contributed by atoms with Crippen LogP contribution in [0.25, 0.3) is 0 Å². The molecule has 0 saturated heterocycles. The molecule has 4 rings (SSSR count). The SMILES string of the molecule is CN1C(=O)[C@H](NC(=O)n2cc(Cc3cccnc3F)cn2)COc2ccc(C#CC(C)(C)O)cc21. The van der Waals surface area contributed by atoms with Crippen molar-refractivity contribution in [3.8, 4) is 17.6 Å². The van der Waals surface area contributed by atoms with Gasteiger partial charge in [-0.2, -0.15) is 14.2 Å². The van der Waals surface area contributed by atoms with Gasteiger partial charge in [0.05, 0.1) is 11.9 Å². The number of nitrogens with one attached hydrogen (secondary N) is 1. The molecule has 0 aliphatic carbocycles. The molecular formula is C25H24FN5O4. The molecule has 10 heteroatoms. The van der Waals surface area contributed by atoms with Crippen molar-refractivity contribution >= 4 is 17.6 Å². The fourth-order valence-electron chi connectivity index (χ4n) is 3.45. The van der Waals surface area contributed by atoms with Crippen LogP contribution in [-0.4, -0.2) is 57.1 Å². The maximum absolute atomic E-state index is 13.8. The first-order valence-electron chi connectivity index (χ1n) is 10.8. The second kappa shape index (κ2) is 9.56. The number of aliphatic hydroxyl groups is 1. The van der Waals surface area contributed by atoms with Gasteiger partial charge in [0, 0.05) is 37.0 Å². The summed E-state index contributed by atoms with van der Waals surface area (Å²) >= 11 is 0. The number of fused-ring (bicyclic) bond motifs is 1. The van der Waals surface area contributed by atoms with Gasteiger partial charge < -0.3 is 20.1 Å². The maximum atomic E-state index is 13.8. The summed E-state index contributed by atoms with van der Waals surface area (Å²) in [5.41, 5.74) is 0.934. The maximum Gasteiger partial charge on any atom is 0.342 e. The summed E-state index contributed by atoms with van der Waals surface area (Å²) in [5.74, 6) is 5.11. The molecule has 0 fully saturated rings. The van der Waals surface area contributed by atoms with E-state index < -0.39 is 23.6 Å². The number of rotatable bonds is 3. The van der Waals surface area contributed by atoms with Crippen molar-refractivity contribution in [3.05, 3.63) is 71.6 Å². The number of hydrogen-bond acceptors (Lipinski definition) is 6. The molecule has 0 spiro atoms. The van der Waals surface area contributed by atoms with Gasteiger partial charge in [0.25, 0.3) is 5.91 Å². The Balaban J connectivity index is 1.46. The number of carbonyl (C=O) groups excluding carboxylic acids is 2. The molecule has 35 heavy (non-hydrogen) atoms. The first-order chi connectivity index (χ1) is 16.6. The highest BCUT2D eigenvalue weighted by molar-refractivity contribution is 6.00.